The summed E-state index contributed by atoms with van der Waals surface area (Å²) in [5.74, 6) is -4.82. The minimum Gasteiger partial charge on any atom is -0.337 e. The second-order valence-electron chi connectivity index (χ2n) is 8.56. The number of hydrogen-bond acceptors (Lipinski definition) is 6. The molecule has 0 unspecified atom stereocenters. The smallest absolute Gasteiger partial charge is 0.337 e. The Kier molecular flexibility index (Phi) is 8.92. The number of nitrogens with zero attached hydrogens (tertiary/aromatic N) is 2. The Labute approximate surface area is 207 Å². The Morgan fingerprint density at radius 1 is 1.08 bits per heavy atom. The highest BCUT2D eigenvalue weighted by Crippen LogP contribution is 2.34. The summed E-state index contributed by atoms with van der Waals surface area (Å²) in [6, 6.07) is 0.374. The van der Waals surface area contributed by atoms with Gasteiger partial charge in [-0.05, 0) is 43.2 Å². The third-order valence-electron chi connectivity index (χ3n) is 4.94. The van der Waals surface area contributed by atoms with Crippen molar-refractivity contribution < 1.29 is 43.9 Å². The normalized spacial score (nSPS) is 14.5. The maximum Gasteiger partial charge on any atom is 0.416 e. The largest absolute Gasteiger partial charge is 0.416 e. The molecule has 2 N–H and O–H groups in total. The van der Waals surface area contributed by atoms with E-state index in [4.69, 9.17) is 5.26 Å². The molecule has 1 heterocycles. The molecule has 37 heavy (non-hydrogen) atoms. The second-order valence-corrected chi connectivity index (χ2v) is 10.7. The number of nitriles is 1. The summed E-state index contributed by atoms with van der Waals surface area (Å²) in [6.45, 7) is 2.39. The van der Waals surface area contributed by atoms with Crippen molar-refractivity contribution in [1.29, 1.82) is 5.26 Å². The fraction of sp³-hybridized carbons (Fsp3) is 0.409. The lowest BCUT2D eigenvalue weighted by Crippen LogP contribution is -2.56. The zero-order chi connectivity index (χ0) is 28.2. The summed E-state index contributed by atoms with van der Waals surface area (Å²) >= 11 is 0. The van der Waals surface area contributed by atoms with Gasteiger partial charge in [-0.1, -0.05) is 12.1 Å². The number of nitrogens with one attached hydrogen (secondary N) is 2. The number of hydrogen-bond donors (Lipinski definition) is 2. The Balaban J connectivity index is 2.46. The molecule has 2 aromatic rings. The highest BCUT2D eigenvalue weighted by atomic mass is 32.2. The number of rotatable bonds is 9. The average molecular weight is 554 g/mol. The molecule has 0 aliphatic heterocycles. The quantitative estimate of drug-likeness (QED) is 0.456. The molecule has 0 bridgehead atoms. The van der Waals surface area contributed by atoms with Gasteiger partial charge in [-0.15, -0.1) is 0 Å². The van der Waals surface area contributed by atoms with Crippen molar-refractivity contribution in [3.05, 3.63) is 65.2 Å². The highest BCUT2D eigenvalue weighted by molar-refractivity contribution is 7.90. The van der Waals surface area contributed by atoms with E-state index in [2.05, 4.69) is 10.3 Å². The van der Waals surface area contributed by atoms with Crippen LogP contribution in [0.15, 0.2) is 42.7 Å². The molecule has 0 radical (unpaired) electrons. The first-order chi connectivity index (χ1) is 16.8. The third kappa shape index (κ3) is 8.67. The van der Waals surface area contributed by atoms with E-state index in [1.807, 2.05) is 5.32 Å². The zero-order valence-corrected chi connectivity index (χ0v) is 20.1. The van der Waals surface area contributed by atoms with Gasteiger partial charge in [0.1, 0.15) is 23.4 Å². The van der Waals surface area contributed by atoms with Crippen LogP contribution < -0.4 is 10.6 Å². The molecule has 0 aliphatic carbocycles. The van der Waals surface area contributed by atoms with Gasteiger partial charge in [-0.25, -0.2) is 12.8 Å². The number of alkyl halides is 6. The van der Waals surface area contributed by atoms with E-state index in [1.165, 1.54) is 13.8 Å². The highest BCUT2D eigenvalue weighted by Gasteiger charge is 2.44. The maximum absolute atomic E-state index is 13.9. The standard InChI is InChI=1S/C22H21F7N4O3S/c1-20(2,12-30)33-19(34)17(32-18(22(27,28)29)13-3-5-15(23)6-4-13)11-37(35,36)10-14-9-31-8-7-16(14)21(24,25)26/h3-9,17-18,32H,10-11H2,1-2H3,(H,33,34)/t17-,18-/m0/s1. The van der Waals surface area contributed by atoms with Gasteiger partial charge in [0, 0.05) is 12.4 Å². The fourth-order valence-corrected chi connectivity index (χ4v) is 4.80. The first-order valence-corrected chi connectivity index (χ1v) is 12.2. The molecule has 7 nitrogen and oxygen atoms in total. The number of amides is 1. The van der Waals surface area contributed by atoms with E-state index in [-0.39, 0.29) is 0 Å². The molecule has 1 aromatic carbocycles. The van der Waals surface area contributed by atoms with Gasteiger partial charge in [0.2, 0.25) is 5.91 Å². The van der Waals surface area contributed by atoms with Crippen molar-refractivity contribution in [2.45, 2.75) is 49.6 Å². The topological polar surface area (TPSA) is 112 Å². The van der Waals surface area contributed by atoms with Gasteiger partial charge in [0.05, 0.1) is 23.1 Å². The van der Waals surface area contributed by atoms with Crippen LogP contribution in [0.25, 0.3) is 0 Å². The summed E-state index contributed by atoms with van der Waals surface area (Å²) in [5, 5.41) is 13.1. The molecule has 0 fully saturated rings. The van der Waals surface area contributed by atoms with Crippen LogP contribution in [0.5, 0.6) is 0 Å². The summed E-state index contributed by atoms with van der Waals surface area (Å²) in [4.78, 5) is 16.3. The lowest BCUT2D eigenvalue weighted by atomic mass is 10.0. The summed E-state index contributed by atoms with van der Waals surface area (Å²) < 4.78 is 120. The van der Waals surface area contributed by atoms with E-state index in [0.717, 1.165) is 30.5 Å². The molecule has 0 saturated carbocycles. The van der Waals surface area contributed by atoms with E-state index >= 15 is 0 Å². The summed E-state index contributed by atoms with van der Waals surface area (Å²) in [5.41, 5.74) is -4.27. The molecule has 0 aliphatic rings. The molecule has 2 rings (SSSR count). The van der Waals surface area contributed by atoms with Gasteiger partial charge in [0.15, 0.2) is 9.84 Å². The van der Waals surface area contributed by atoms with Gasteiger partial charge >= 0.3 is 12.4 Å². The second kappa shape index (κ2) is 11.0. The molecule has 0 spiro atoms. The number of carbonyl (C=O) groups is 1. The number of aromatic nitrogens is 1. The monoisotopic (exact) mass is 554 g/mol. The lowest BCUT2D eigenvalue weighted by molar-refractivity contribution is -0.160. The van der Waals surface area contributed by atoms with Crippen molar-refractivity contribution in [3.8, 4) is 6.07 Å². The number of pyridine rings is 1. The van der Waals surface area contributed by atoms with Crippen molar-refractivity contribution in [2.24, 2.45) is 0 Å². The van der Waals surface area contributed by atoms with E-state index in [0.29, 0.717) is 12.3 Å². The number of halogens is 7. The Morgan fingerprint density at radius 2 is 1.68 bits per heavy atom. The molecule has 202 valence electrons. The van der Waals surface area contributed by atoms with Crippen molar-refractivity contribution in [3.63, 3.8) is 0 Å². The van der Waals surface area contributed by atoms with Crippen LogP contribution >= 0.6 is 0 Å². The molecule has 1 amide bonds. The molecule has 15 heteroatoms. The van der Waals surface area contributed by atoms with E-state index in [1.54, 1.807) is 6.07 Å². The third-order valence-corrected chi connectivity index (χ3v) is 6.53. The van der Waals surface area contributed by atoms with E-state index in [9.17, 15) is 43.9 Å². The van der Waals surface area contributed by atoms with Gasteiger partial charge in [0.25, 0.3) is 0 Å². The number of sulfone groups is 1. The molecule has 2 atom stereocenters. The average Bonchev–Trinajstić information content (AvgIpc) is 2.75. The maximum atomic E-state index is 13.9. The predicted octanol–water partition coefficient (Wildman–Crippen LogP) is 3.83. The molecule has 0 saturated heterocycles. The van der Waals surface area contributed by atoms with Crippen LogP contribution in [0.3, 0.4) is 0 Å². The minimum atomic E-state index is -5.10. The van der Waals surface area contributed by atoms with Gasteiger partial charge in [-0.3, -0.25) is 15.1 Å². The fourth-order valence-electron chi connectivity index (χ4n) is 3.23. The Hall–Kier alpha value is -3.25. The van der Waals surface area contributed by atoms with Crippen LogP contribution in [-0.4, -0.2) is 42.8 Å². The van der Waals surface area contributed by atoms with E-state index < -0.39 is 79.7 Å². The van der Waals surface area contributed by atoms with Crippen molar-refractivity contribution in [2.75, 3.05) is 5.75 Å². The predicted molar refractivity (Wildman–Crippen MR) is 117 cm³/mol. The Bertz CT molecular complexity index is 1250. The first kappa shape index (κ1) is 30.0. The summed E-state index contributed by atoms with van der Waals surface area (Å²) in [6.07, 6.45) is -8.60. The SMILES string of the molecule is CC(C)(C#N)NC(=O)[C@H](CS(=O)(=O)Cc1cnccc1C(F)(F)F)N[C@@H](c1ccc(F)cc1)C(F)(F)F. The molecular formula is C22H21F7N4O3S. The molecular weight excluding hydrogens is 533 g/mol. The summed E-state index contributed by atoms with van der Waals surface area (Å²) in [7, 11) is -4.68. The van der Waals surface area contributed by atoms with Crippen molar-refractivity contribution in [1.82, 2.24) is 15.6 Å². The number of carbonyl (C=O) groups excluding carboxylic acids is 1. The van der Waals surface area contributed by atoms with Crippen LogP contribution in [0.2, 0.25) is 0 Å². The Morgan fingerprint density at radius 3 is 2.19 bits per heavy atom. The number of benzene rings is 1. The van der Waals surface area contributed by atoms with Crippen LogP contribution in [0.1, 0.15) is 36.6 Å². The first-order valence-electron chi connectivity index (χ1n) is 10.4. The van der Waals surface area contributed by atoms with Crippen LogP contribution in [0, 0.1) is 17.1 Å². The van der Waals surface area contributed by atoms with Crippen molar-refractivity contribution >= 4 is 15.7 Å². The zero-order valence-electron chi connectivity index (χ0n) is 19.3. The molecule has 1 aromatic heterocycles. The minimum absolute atomic E-state index is 0.539. The van der Waals surface area contributed by atoms with Crippen LogP contribution in [-0.2, 0) is 26.6 Å². The van der Waals surface area contributed by atoms with Gasteiger partial charge < -0.3 is 5.32 Å². The lowest BCUT2D eigenvalue weighted by Gasteiger charge is -2.29. The van der Waals surface area contributed by atoms with Gasteiger partial charge in [-0.2, -0.15) is 31.6 Å². The van der Waals surface area contributed by atoms with Crippen LogP contribution in [0.4, 0.5) is 30.7 Å².